The van der Waals surface area contributed by atoms with Crippen molar-refractivity contribution in [3.05, 3.63) is 94.2 Å². The van der Waals surface area contributed by atoms with Crippen molar-refractivity contribution < 1.29 is 9.84 Å². The van der Waals surface area contributed by atoms with Crippen molar-refractivity contribution in [2.75, 3.05) is 7.11 Å². The molecule has 0 unspecified atom stereocenters. The third-order valence-corrected chi connectivity index (χ3v) is 5.39. The second-order valence-electron chi connectivity index (χ2n) is 6.72. The van der Waals surface area contributed by atoms with Crippen molar-refractivity contribution in [3.8, 4) is 5.75 Å². The molecule has 0 saturated heterocycles. The van der Waals surface area contributed by atoms with Gasteiger partial charge in [-0.2, -0.15) is 0 Å². The summed E-state index contributed by atoms with van der Waals surface area (Å²) in [7, 11) is 1.63. The van der Waals surface area contributed by atoms with Gasteiger partial charge in [0.2, 0.25) is 0 Å². The molecular weight excluding hydrogens is 416 g/mol. The van der Waals surface area contributed by atoms with Crippen LogP contribution in [0.2, 0.25) is 0 Å². The van der Waals surface area contributed by atoms with E-state index in [1.54, 1.807) is 7.11 Å². The number of aromatic nitrogens is 2. The van der Waals surface area contributed by atoms with Crippen LogP contribution in [-0.4, -0.2) is 21.8 Å². The van der Waals surface area contributed by atoms with Gasteiger partial charge in [0.1, 0.15) is 11.6 Å². The lowest BCUT2D eigenvalue weighted by molar-refractivity contribution is 0.174. The Kier molecular flexibility index (Phi) is 5.46. The number of fused-ring (bicyclic) bond motifs is 1. The number of methoxy groups -OCH3 is 1. The van der Waals surface area contributed by atoms with E-state index >= 15 is 0 Å². The highest BCUT2D eigenvalue weighted by atomic mass is 79.9. The maximum Gasteiger partial charge on any atom is 0.118 e. The predicted molar refractivity (Wildman–Crippen MR) is 115 cm³/mol. The van der Waals surface area contributed by atoms with Crippen LogP contribution in [-0.2, 0) is 13.0 Å². The van der Waals surface area contributed by atoms with Crippen LogP contribution in [0.15, 0.2) is 77.3 Å². The van der Waals surface area contributed by atoms with Crippen LogP contribution in [0.25, 0.3) is 11.0 Å². The molecule has 4 nitrogen and oxygen atoms in total. The molecule has 5 heteroatoms. The van der Waals surface area contributed by atoms with Crippen LogP contribution < -0.4 is 4.74 Å². The van der Waals surface area contributed by atoms with Crippen LogP contribution in [0.3, 0.4) is 0 Å². The molecule has 4 aromatic rings. The molecular formula is C23H21BrN2O2. The van der Waals surface area contributed by atoms with E-state index in [1.807, 2.05) is 54.6 Å². The molecule has 0 fully saturated rings. The Hall–Kier alpha value is -2.63. The Morgan fingerprint density at radius 2 is 1.71 bits per heavy atom. The zero-order chi connectivity index (χ0) is 19.5. The Bertz CT molecular complexity index is 1070. The van der Waals surface area contributed by atoms with Gasteiger partial charge in [0.15, 0.2) is 0 Å². The average molecular weight is 437 g/mol. The zero-order valence-corrected chi connectivity index (χ0v) is 17.1. The summed E-state index contributed by atoms with van der Waals surface area (Å²) in [5.74, 6) is 1.64. The molecule has 0 spiro atoms. The quantitative estimate of drug-likeness (QED) is 0.455. The van der Waals surface area contributed by atoms with E-state index in [2.05, 4.69) is 38.7 Å². The molecule has 1 N–H and O–H groups in total. The second kappa shape index (κ2) is 8.17. The number of nitrogens with zero attached hydrogens (tertiary/aromatic N) is 2. The molecule has 1 atom stereocenters. The van der Waals surface area contributed by atoms with E-state index < -0.39 is 6.10 Å². The highest BCUT2D eigenvalue weighted by molar-refractivity contribution is 9.10. The van der Waals surface area contributed by atoms with Crippen molar-refractivity contribution in [3.63, 3.8) is 0 Å². The predicted octanol–water partition coefficient (Wildman–Crippen LogP) is 5.13. The maximum atomic E-state index is 10.8. The first-order chi connectivity index (χ1) is 13.6. The molecule has 0 amide bonds. The van der Waals surface area contributed by atoms with Crippen LogP contribution in [0.1, 0.15) is 23.1 Å². The molecule has 0 saturated carbocycles. The van der Waals surface area contributed by atoms with Crippen molar-refractivity contribution in [1.29, 1.82) is 0 Å². The van der Waals surface area contributed by atoms with Crippen LogP contribution >= 0.6 is 15.9 Å². The highest BCUT2D eigenvalue weighted by Gasteiger charge is 2.16. The molecule has 142 valence electrons. The fourth-order valence-corrected chi connectivity index (χ4v) is 3.61. The van der Waals surface area contributed by atoms with Crippen molar-refractivity contribution in [2.24, 2.45) is 0 Å². The Morgan fingerprint density at radius 1 is 1.00 bits per heavy atom. The van der Waals surface area contributed by atoms with E-state index in [0.717, 1.165) is 32.6 Å². The Labute approximate surface area is 172 Å². The summed E-state index contributed by atoms with van der Waals surface area (Å²) in [5.41, 5.74) is 4.05. The second-order valence-corrected chi connectivity index (χ2v) is 7.64. The Morgan fingerprint density at radius 3 is 2.43 bits per heavy atom. The van der Waals surface area contributed by atoms with E-state index in [0.29, 0.717) is 13.0 Å². The van der Waals surface area contributed by atoms with Gasteiger partial charge in [-0.3, -0.25) is 0 Å². The summed E-state index contributed by atoms with van der Waals surface area (Å²) in [6.45, 7) is 0.707. The monoisotopic (exact) mass is 436 g/mol. The van der Waals surface area contributed by atoms with E-state index in [4.69, 9.17) is 9.72 Å². The fourth-order valence-electron chi connectivity index (χ4n) is 3.35. The summed E-state index contributed by atoms with van der Waals surface area (Å²) >= 11 is 3.49. The summed E-state index contributed by atoms with van der Waals surface area (Å²) in [6, 6.07) is 23.9. The number of para-hydroxylation sites is 2. The van der Waals surface area contributed by atoms with Gasteiger partial charge in [-0.25, -0.2) is 4.98 Å². The lowest BCUT2D eigenvalue weighted by Crippen LogP contribution is -2.10. The summed E-state index contributed by atoms with van der Waals surface area (Å²) in [4.78, 5) is 4.79. The largest absolute Gasteiger partial charge is 0.497 e. The SMILES string of the molecule is COc1ccc([C@H](O)Cc2nc3ccccc3n2Cc2ccc(Br)cc2)cc1. The molecule has 0 aliphatic heterocycles. The van der Waals surface area contributed by atoms with E-state index in [1.165, 1.54) is 5.56 Å². The van der Waals surface area contributed by atoms with Crippen LogP contribution in [0.5, 0.6) is 5.75 Å². The van der Waals surface area contributed by atoms with E-state index in [9.17, 15) is 5.11 Å². The number of hydrogen-bond donors (Lipinski definition) is 1. The molecule has 3 aromatic carbocycles. The number of ether oxygens (including phenoxy) is 1. The molecule has 1 aromatic heterocycles. The van der Waals surface area contributed by atoms with Crippen LogP contribution in [0.4, 0.5) is 0 Å². The fraction of sp³-hybridized carbons (Fsp3) is 0.174. The summed E-state index contributed by atoms with van der Waals surface area (Å²) in [6.07, 6.45) is -0.191. The van der Waals surface area contributed by atoms with Gasteiger partial charge >= 0.3 is 0 Å². The number of imidazole rings is 1. The van der Waals surface area contributed by atoms with Gasteiger partial charge < -0.3 is 14.4 Å². The molecule has 0 aliphatic rings. The van der Waals surface area contributed by atoms with Gasteiger partial charge in [-0.05, 0) is 47.5 Å². The number of halogens is 1. The number of rotatable bonds is 6. The number of hydrogen-bond acceptors (Lipinski definition) is 3. The maximum absolute atomic E-state index is 10.8. The number of benzene rings is 3. The number of aliphatic hydroxyl groups excluding tert-OH is 1. The van der Waals surface area contributed by atoms with Gasteiger partial charge in [-0.15, -0.1) is 0 Å². The van der Waals surface area contributed by atoms with E-state index in [-0.39, 0.29) is 0 Å². The third kappa shape index (κ3) is 3.96. The Balaban J connectivity index is 1.66. The molecule has 0 radical (unpaired) electrons. The minimum absolute atomic E-state index is 0.442. The smallest absolute Gasteiger partial charge is 0.118 e. The molecule has 0 bridgehead atoms. The minimum Gasteiger partial charge on any atom is -0.497 e. The van der Waals surface area contributed by atoms with Crippen molar-refractivity contribution in [2.45, 2.75) is 19.1 Å². The highest BCUT2D eigenvalue weighted by Crippen LogP contribution is 2.25. The third-order valence-electron chi connectivity index (χ3n) is 4.86. The average Bonchev–Trinajstić information content (AvgIpc) is 3.06. The lowest BCUT2D eigenvalue weighted by Gasteiger charge is -2.14. The van der Waals surface area contributed by atoms with Crippen molar-refractivity contribution >= 4 is 27.0 Å². The van der Waals surface area contributed by atoms with Gasteiger partial charge in [0.25, 0.3) is 0 Å². The van der Waals surface area contributed by atoms with Gasteiger partial charge in [-0.1, -0.05) is 52.3 Å². The molecule has 1 heterocycles. The molecule has 0 aliphatic carbocycles. The van der Waals surface area contributed by atoms with Crippen molar-refractivity contribution in [1.82, 2.24) is 9.55 Å². The lowest BCUT2D eigenvalue weighted by atomic mass is 10.1. The first kappa shape index (κ1) is 18.7. The normalized spacial score (nSPS) is 12.2. The first-order valence-electron chi connectivity index (χ1n) is 9.14. The number of aliphatic hydroxyl groups is 1. The molecule has 4 rings (SSSR count). The summed E-state index contributed by atoms with van der Waals surface area (Å²) < 4.78 is 8.44. The minimum atomic E-state index is -0.633. The topological polar surface area (TPSA) is 47.3 Å². The van der Waals surface area contributed by atoms with Crippen LogP contribution in [0, 0.1) is 0 Å². The van der Waals surface area contributed by atoms with Gasteiger partial charge in [0.05, 0.1) is 24.2 Å². The van der Waals surface area contributed by atoms with Gasteiger partial charge in [0, 0.05) is 17.4 Å². The molecule has 28 heavy (non-hydrogen) atoms. The first-order valence-corrected chi connectivity index (χ1v) is 9.94. The zero-order valence-electron chi connectivity index (χ0n) is 15.5. The summed E-state index contributed by atoms with van der Waals surface area (Å²) in [5, 5.41) is 10.8. The standard InChI is InChI=1S/C23H21BrN2O2/c1-28-19-12-8-17(9-13-19)22(27)14-23-25-20-4-2-3-5-21(20)26(23)15-16-6-10-18(24)11-7-16/h2-13,22,27H,14-15H2,1H3/t22-/m1/s1.